The van der Waals surface area contributed by atoms with Crippen LogP contribution in [0.3, 0.4) is 0 Å². The Morgan fingerprint density at radius 2 is 2.05 bits per heavy atom. The number of hydrogen-bond donors (Lipinski definition) is 1. The van der Waals surface area contributed by atoms with E-state index in [2.05, 4.69) is 5.10 Å². The standard InChI is InChI=1S/C12H23N3O4S/c1-5-19-9-7-14(4)20(17,18)12-10(2)13-15(6-8-16)11(12)3/h16H,5-9H2,1-4H3. The number of rotatable bonds is 8. The van der Waals surface area contributed by atoms with Crippen LogP contribution < -0.4 is 0 Å². The summed E-state index contributed by atoms with van der Waals surface area (Å²) in [7, 11) is -2.07. The molecule has 0 aliphatic rings. The molecule has 1 aromatic rings. The third kappa shape index (κ3) is 3.57. The quantitative estimate of drug-likeness (QED) is 0.691. The lowest BCUT2D eigenvalue weighted by molar-refractivity contribution is 0.138. The SMILES string of the molecule is CCOCCN(C)S(=O)(=O)c1c(C)nn(CCO)c1C. The number of likely N-dealkylation sites (N-methyl/N-ethyl adjacent to an activating group) is 1. The smallest absolute Gasteiger partial charge is 0.246 e. The molecule has 0 fully saturated rings. The molecule has 1 heterocycles. The highest BCUT2D eigenvalue weighted by Crippen LogP contribution is 2.22. The lowest BCUT2D eigenvalue weighted by Gasteiger charge is -2.17. The van der Waals surface area contributed by atoms with Crippen molar-refractivity contribution in [1.29, 1.82) is 0 Å². The summed E-state index contributed by atoms with van der Waals surface area (Å²) < 4.78 is 33.0. The van der Waals surface area contributed by atoms with E-state index in [0.717, 1.165) is 0 Å². The van der Waals surface area contributed by atoms with Crippen molar-refractivity contribution in [3.8, 4) is 0 Å². The van der Waals surface area contributed by atoms with Gasteiger partial charge in [-0.3, -0.25) is 4.68 Å². The second-order valence-corrected chi connectivity index (χ2v) is 6.45. The summed E-state index contributed by atoms with van der Waals surface area (Å²) in [5, 5.41) is 13.1. The van der Waals surface area contributed by atoms with E-state index in [1.165, 1.54) is 16.0 Å². The first-order chi connectivity index (χ1) is 9.36. The Kier molecular flexibility index (Phi) is 6.12. The molecule has 7 nitrogen and oxygen atoms in total. The van der Waals surface area contributed by atoms with E-state index < -0.39 is 10.0 Å². The zero-order chi connectivity index (χ0) is 15.3. The second kappa shape index (κ2) is 7.16. The Labute approximate surface area is 120 Å². The van der Waals surface area contributed by atoms with Crippen molar-refractivity contribution in [3.05, 3.63) is 11.4 Å². The molecule has 0 saturated heterocycles. The summed E-state index contributed by atoms with van der Waals surface area (Å²) >= 11 is 0. The van der Waals surface area contributed by atoms with Gasteiger partial charge in [-0.05, 0) is 20.8 Å². The van der Waals surface area contributed by atoms with Crippen LogP contribution in [0.4, 0.5) is 0 Å². The molecule has 1 aromatic heterocycles. The predicted molar refractivity (Wildman–Crippen MR) is 75.1 cm³/mol. The number of aliphatic hydroxyl groups excluding tert-OH is 1. The maximum atomic E-state index is 12.5. The second-order valence-electron chi connectivity index (χ2n) is 4.47. The molecule has 0 bridgehead atoms. The molecule has 0 aliphatic carbocycles. The van der Waals surface area contributed by atoms with Gasteiger partial charge < -0.3 is 9.84 Å². The van der Waals surface area contributed by atoms with Gasteiger partial charge >= 0.3 is 0 Å². The van der Waals surface area contributed by atoms with Crippen LogP contribution in [0.15, 0.2) is 4.90 Å². The number of aliphatic hydroxyl groups is 1. The number of aryl methyl sites for hydroxylation is 1. The highest BCUT2D eigenvalue weighted by molar-refractivity contribution is 7.89. The van der Waals surface area contributed by atoms with Crippen LogP contribution in [-0.4, -0.2) is 61.0 Å². The van der Waals surface area contributed by atoms with E-state index >= 15 is 0 Å². The summed E-state index contributed by atoms with van der Waals surface area (Å²) in [6, 6.07) is 0. The highest BCUT2D eigenvalue weighted by Gasteiger charge is 2.28. The average Bonchev–Trinajstić information content (AvgIpc) is 2.65. The van der Waals surface area contributed by atoms with E-state index in [1.807, 2.05) is 6.92 Å². The largest absolute Gasteiger partial charge is 0.394 e. The van der Waals surface area contributed by atoms with Gasteiger partial charge in [0.05, 0.1) is 31.1 Å². The highest BCUT2D eigenvalue weighted by atomic mass is 32.2. The Bertz CT molecular complexity index is 539. The monoisotopic (exact) mass is 305 g/mol. The molecule has 0 radical (unpaired) electrons. The van der Waals surface area contributed by atoms with Crippen molar-refractivity contribution in [1.82, 2.24) is 14.1 Å². The summed E-state index contributed by atoms with van der Waals surface area (Å²) in [6.45, 7) is 6.62. The van der Waals surface area contributed by atoms with Crippen molar-refractivity contribution in [3.63, 3.8) is 0 Å². The maximum absolute atomic E-state index is 12.5. The van der Waals surface area contributed by atoms with Crippen molar-refractivity contribution >= 4 is 10.0 Å². The fourth-order valence-corrected chi connectivity index (χ4v) is 3.50. The molecule has 0 aliphatic heterocycles. The first-order valence-electron chi connectivity index (χ1n) is 6.55. The Balaban J connectivity index is 3.03. The van der Waals surface area contributed by atoms with Gasteiger partial charge in [-0.1, -0.05) is 0 Å². The molecule has 0 aromatic carbocycles. The van der Waals surface area contributed by atoms with Gasteiger partial charge in [0.25, 0.3) is 0 Å². The summed E-state index contributed by atoms with van der Waals surface area (Å²) in [5.74, 6) is 0. The van der Waals surface area contributed by atoms with Gasteiger partial charge in [-0.25, -0.2) is 8.42 Å². The summed E-state index contributed by atoms with van der Waals surface area (Å²) in [6.07, 6.45) is 0. The number of ether oxygens (including phenoxy) is 1. The van der Waals surface area contributed by atoms with Crippen molar-refractivity contribution in [2.24, 2.45) is 0 Å². The van der Waals surface area contributed by atoms with E-state index in [4.69, 9.17) is 9.84 Å². The van der Waals surface area contributed by atoms with E-state index in [1.54, 1.807) is 13.8 Å². The van der Waals surface area contributed by atoms with E-state index in [-0.39, 0.29) is 18.0 Å². The molecule has 0 amide bonds. The number of hydrogen-bond acceptors (Lipinski definition) is 5. The molecule has 1 N–H and O–H groups in total. The van der Waals surface area contributed by atoms with Gasteiger partial charge in [-0.2, -0.15) is 9.40 Å². The zero-order valence-corrected chi connectivity index (χ0v) is 13.3. The van der Waals surface area contributed by atoms with E-state index in [9.17, 15) is 8.42 Å². The zero-order valence-electron chi connectivity index (χ0n) is 12.5. The molecule has 20 heavy (non-hydrogen) atoms. The van der Waals surface area contributed by atoms with Crippen LogP contribution in [0.5, 0.6) is 0 Å². The third-order valence-electron chi connectivity index (χ3n) is 3.05. The maximum Gasteiger partial charge on any atom is 0.246 e. The topological polar surface area (TPSA) is 84.7 Å². The molecule has 0 saturated carbocycles. The van der Waals surface area contributed by atoms with Crippen molar-refractivity contribution in [2.75, 3.05) is 33.4 Å². The minimum absolute atomic E-state index is 0.0817. The minimum Gasteiger partial charge on any atom is -0.394 e. The van der Waals surface area contributed by atoms with Gasteiger partial charge in [0.2, 0.25) is 10.0 Å². The van der Waals surface area contributed by atoms with Crippen LogP contribution >= 0.6 is 0 Å². The summed E-state index contributed by atoms with van der Waals surface area (Å²) in [4.78, 5) is 0.213. The number of sulfonamides is 1. The minimum atomic E-state index is -3.59. The predicted octanol–water partition coefficient (Wildman–Crippen LogP) is 0.149. The Morgan fingerprint density at radius 1 is 1.40 bits per heavy atom. The number of nitrogens with zero attached hydrogens (tertiary/aromatic N) is 3. The molecular formula is C12H23N3O4S. The van der Waals surface area contributed by atoms with Crippen molar-refractivity contribution < 1.29 is 18.3 Å². The molecule has 0 spiro atoms. The van der Waals surface area contributed by atoms with Crippen LogP contribution in [0.25, 0.3) is 0 Å². The molecular weight excluding hydrogens is 282 g/mol. The van der Waals surface area contributed by atoms with Gasteiger partial charge in [-0.15, -0.1) is 0 Å². The van der Waals surface area contributed by atoms with Crippen LogP contribution in [0.2, 0.25) is 0 Å². The van der Waals surface area contributed by atoms with Crippen LogP contribution in [-0.2, 0) is 21.3 Å². The normalized spacial score (nSPS) is 12.3. The van der Waals surface area contributed by atoms with Crippen LogP contribution in [0.1, 0.15) is 18.3 Å². The number of aromatic nitrogens is 2. The van der Waals surface area contributed by atoms with Gasteiger partial charge in [0, 0.05) is 20.2 Å². The fraction of sp³-hybridized carbons (Fsp3) is 0.750. The fourth-order valence-electron chi connectivity index (χ4n) is 1.98. The van der Waals surface area contributed by atoms with Crippen LogP contribution in [0, 0.1) is 13.8 Å². The lowest BCUT2D eigenvalue weighted by Crippen LogP contribution is -2.31. The first-order valence-corrected chi connectivity index (χ1v) is 7.99. The average molecular weight is 305 g/mol. The molecule has 116 valence electrons. The Hall–Kier alpha value is -0.960. The van der Waals surface area contributed by atoms with Crippen molar-refractivity contribution in [2.45, 2.75) is 32.2 Å². The van der Waals surface area contributed by atoms with Gasteiger partial charge in [0.15, 0.2) is 0 Å². The lowest BCUT2D eigenvalue weighted by atomic mass is 10.4. The molecule has 0 unspecified atom stereocenters. The van der Waals surface area contributed by atoms with Gasteiger partial charge in [0.1, 0.15) is 4.90 Å². The molecule has 0 atom stereocenters. The summed E-state index contributed by atoms with van der Waals surface area (Å²) in [5.41, 5.74) is 0.985. The van der Waals surface area contributed by atoms with E-state index in [0.29, 0.717) is 31.1 Å². The third-order valence-corrected chi connectivity index (χ3v) is 5.16. The molecule has 1 rings (SSSR count). The molecule has 8 heteroatoms. The Morgan fingerprint density at radius 3 is 2.60 bits per heavy atom. The first kappa shape index (κ1) is 17.1.